The molecule has 0 aromatic heterocycles. The van der Waals surface area contributed by atoms with Crippen molar-refractivity contribution in [2.24, 2.45) is 5.73 Å². The number of hydrogen-bond donors (Lipinski definition) is 2. The monoisotopic (exact) mass is 187 g/mol. The fourth-order valence-corrected chi connectivity index (χ4v) is 0.637. The van der Waals surface area contributed by atoms with Crippen LogP contribution >= 0.6 is 0 Å². The molecule has 0 heterocycles. The third-order valence-corrected chi connectivity index (χ3v) is 1.69. The number of nitrogens with zero attached hydrogens (tertiary/aromatic N) is 1. The molecule has 0 saturated heterocycles. The Balaban J connectivity index is 3.77. The molecule has 5 nitrogen and oxygen atoms in total. The van der Waals surface area contributed by atoms with Crippen LogP contribution in [0.5, 0.6) is 0 Å². The molecule has 0 aliphatic rings. The van der Waals surface area contributed by atoms with Gasteiger partial charge in [0.2, 0.25) is 11.8 Å². The summed E-state index contributed by atoms with van der Waals surface area (Å²) < 4.78 is 0. The Hall–Kier alpha value is -1.10. The summed E-state index contributed by atoms with van der Waals surface area (Å²) in [7, 11) is 3.27. The maximum absolute atomic E-state index is 11.1. The van der Waals surface area contributed by atoms with Gasteiger partial charge in [0.25, 0.3) is 0 Å². The van der Waals surface area contributed by atoms with Crippen molar-refractivity contribution in [3.8, 4) is 0 Å². The molecule has 0 aromatic rings. The molecule has 0 fully saturated rings. The van der Waals surface area contributed by atoms with E-state index in [1.54, 1.807) is 14.1 Å². The zero-order valence-electron chi connectivity index (χ0n) is 8.33. The van der Waals surface area contributed by atoms with Crippen LogP contribution in [0.2, 0.25) is 0 Å². The van der Waals surface area contributed by atoms with Gasteiger partial charge in [0.1, 0.15) is 0 Å². The summed E-state index contributed by atoms with van der Waals surface area (Å²) in [6.45, 7) is 1.83. The van der Waals surface area contributed by atoms with Crippen molar-refractivity contribution in [1.29, 1.82) is 0 Å². The van der Waals surface area contributed by atoms with Crippen LogP contribution in [0.3, 0.4) is 0 Å². The SMILES string of the molecule is CC[C@H](N)C(=O)NCC(=O)N(C)C. The largest absolute Gasteiger partial charge is 0.347 e. The first-order valence-electron chi connectivity index (χ1n) is 4.22. The fraction of sp³-hybridized carbons (Fsp3) is 0.750. The van der Waals surface area contributed by atoms with E-state index in [9.17, 15) is 9.59 Å². The van der Waals surface area contributed by atoms with Gasteiger partial charge in [0, 0.05) is 14.1 Å². The van der Waals surface area contributed by atoms with E-state index in [1.165, 1.54) is 4.90 Å². The molecule has 0 saturated carbocycles. The van der Waals surface area contributed by atoms with Crippen LogP contribution in [-0.4, -0.2) is 43.4 Å². The highest BCUT2D eigenvalue weighted by molar-refractivity contribution is 5.87. The van der Waals surface area contributed by atoms with Crippen molar-refractivity contribution < 1.29 is 9.59 Å². The highest BCUT2D eigenvalue weighted by Gasteiger charge is 2.12. The van der Waals surface area contributed by atoms with E-state index in [0.717, 1.165) is 0 Å². The number of amides is 2. The van der Waals surface area contributed by atoms with Gasteiger partial charge in [-0.2, -0.15) is 0 Å². The summed E-state index contributed by atoms with van der Waals surface area (Å²) in [4.78, 5) is 23.5. The minimum absolute atomic E-state index is 0.0134. The molecular weight excluding hydrogens is 170 g/mol. The van der Waals surface area contributed by atoms with Gasteiger partial charge in [-0.1, -0.05) is 6.92 Å². The minimum atomic E-state index is -0.519. The molecule has 0 rings (SSSR count). The lowest BCUT2D eigenvalue weighted by molar-refractivity contribution is -0.131. The van der Waals surface area contributed by atoms with E-state index < -0.39 is 6.04 Å². The Kier molecular flexibility index (Phi) is 5.06. The van der Waals surface area contributed by atoms with Crippen molar-refractivity contribution >= 4 is 11.8 Å². The van der Waals surface area contributed by atoms with Crippen LogP contribution in [-0.2, 0) is 9.59 Å². The van der Waals surface area contributed by atoms with E-state index in [4.69, 9.17) is 5.73 Å². The number of carbonyl (C=O) groups excluding carboxylic acids is 2. The summed E-state index contributed by atoms with van der Waals surface area (Å²) in [5, 5.41) is 2.46. The average molecular weight is 187 g/mol. The number of nitrogens with two attached hydrogens (primary N) is 1. The molecule has 0 aromatic carbocycles. The Morgan fingerprint density at radius 2 is 2.00 bits per heavy atom. The number of rotatable bonds is 4. The van der Waals surface area contributed by atoms with Crippen LogP contribution in [0.1, 0.15) is 13.3 Å². The summed E-state index contributed by atoms with van der Waals surface area (Å²) in [6.07, 6.45) is 0.571. The van der Waals surface area contributed by atoms with E-state index in [0.29, 0.717) is 6.42 Å². The van der Waals surface area contributed by atoms with Crippen molar-refractivity contribution in [3.63, 3.8) is 0 Å². The molecule has 1 atom stereocenters. The van der Waals surface area contributed by atoms with Crippen molar-refractivity contribution in [1.82, 2.24) is 10.2 Å². The van der Waals surface area contributed by atoms with Gasteiger partial charge >= 0.3 is 0 Å². The number of hydrogen-bond acceptors (Lipinski definition) is 3. The Bertz CT molecular complexity index is 192. The third-order valence-electron chi connectivity index (χ3n) is 1.69. The first kappa shape index (κ1) is 11.9. The highest BCUT2D eigenvalue weighted by atomic mass is 16.2. The molecule has 2 amide bonds. The summed E-state index contributed by atoms with van der Waals surface area (Å²) in [6, 6.07) is -0.519. The molecule has 0 radical (unpaired) electrons. The predicted molar refractivity (Wildman–Crippen MR) is 50.0 cm³/mol. The predicted octanol–water partition coefficient (Wildman–Crippen LogP) is -1.07. The molecule has 0 bridgehead atoms. The lowest BCUT2D eigenvalue weighted by atomic mass is 10.2. The Morgan fingerprint density at radius 1 is 1.46 bits per heavy atom. The van der Waals surface area contributed by atoms with E-state index in [2.05, 4.69) is 5.32 Å². The van der Waals surface area contributed by atoms with Crippen molar-refractivity contribution in [2.45, 2.75) is 19.4 Å². The standard InChI is InChI=1S/C8H17N3O2/c1-4-6(9)8(13)10-5-7(12)11(2)3/h6H,4-5,9H2,1-3H3,(H,10,13)/t6-/m0/s1. The second-order valence-corrected chi connectivity index (χ2v) is 3.02. The fourth-order valence-electron chi connectivity index (χ4n) is 0.637. The molecule has 0 aliphatic heterocycles. The minimum Gasteiger partial charge on any atom is -0.347 e. The maximum Gasteiger partial charge on any atom is 0.241 e. The summed E-state index contributed by atoms with van der Waals surface area (Å²) in [5.41, 5.74) is 5.44. The first-order valence-corrected chi connectivity index (χ1v) is 4.22. The van der Waals surface area contributed by atoms with E-state index in [1.807, 2.05) is 6.92 Å². The highest BCUT2D eigenvalue weighted by Crippen LogP contribution is 1.85. The van der Waals surface area contributed by atoms with Gasteiger partial charge in [-0.15, -0.1) is 0 Å². The molecular formula is C8H17N3O2. The summed E-state index contributed by atoms with van der Waals surface area (Å²) >= 11 is 0. The normalized spacial score (nSPS) is 12.0. The van der Waals surface area contributed by atoms with Gasteiger partial charge in [0.15, 0.2) is 0 Å². The number of nitrogens with one attached hydrogen (secondary N) is 1. The van der Waals surface area contributed by atoms with Crippen LogP contribution in [0.4, 0.5) is 0 Å². The van der Waals surface area contributed by atoms with E-state index >= 15 is 0 Å². The quantitative estimate of drug-likeness (QED) is 0.588. The van der Waals surface area contributed by atoms with Gasteiger partial charge < -0.3 is 16.0 Å². The maximum atomic E-state index is 11.1. The van der Waals surface area contributed by atoms with Crippen LogP contribution < -0.4 is 11.1 Å². The van der Waals surface area contributed by atoms with E-state index in [-0.39, 0.29) is 18.4 Å². The van der Waals surface area contributed by atoms with Crippen LogP contribution in [0, 0.1) is 0 Å². The third kappa shape index (κ3) is 4.47. The zero-order chi connectivity index (χ0) is 10.4. The van der Waals surface area contributed by atoms with Crippen LogP contribution in [0.15, 0.2) is 0 Å². The Morgan fingerprint density at radius 3 is 2.38 bits per heavy atom. The number of likely N-dealkylation sites (N-methyl/N-ethyl adjacent to an activating group) is 1. The molecule has 0 aliphatic carbocycles. The Labute approximate surface area is 78.3 Å². The van der Waals surface area contributed by atoms with Gasteiger partial charge in [-0.25, -0.2) is 0 Å². The van der Waals surface area contributed by atoms with Crippen molar-refractivity contribution in [2.75, 3.05) is 20.6 Å². The molecule has 76 valence electrons. The lowest BCUT2D eigenvalue weighted by Gasteiger charge is -2.12. The molecule has 13 heavy (non-hydrogen) atoms. The second kappa shape index (κ2) is 5.53. The van der Waals surface area contributed by atoms with Crippen molar-refractivity contribution in [3.05, 3.63) is 0 Å². The molecule has 0 spiro atoms. The second-order valence-electron chi connectivity index (χ2n) is 3.02. The van der Waals surface area contributed by atoms with Gasteiger partial charge in [0.05, 0.1) is 12.6 Å². The lowest BCUT2D eigenvalue weighted by Crippen LogP contribution is -2.44. The molecule has 5 heteroatoms. The number of carbonyl (C=O) groups is 2. The topological polar surface area (TPSA) is 75.4 Å². The average Bonchev–Trinajstić information content (AvgIpc) is 2.11. The van der Waals surface area contributed by atoms with Gasteiger partial charge in [-0.05, 0) is 6.42 Å². The summed E-state index contributed by atoms with van der Waals surface area (Å²) in [5.74, 6) is -0.422. The van der Waals surface area contributed by atoms with Gasteiger partial charge in [-0.3, -0.25) is 9.59 Å². The van der Waals surface area contributed by atoms with Crippen LogP contribution in [0.25, 0.3) is 0 Å². The zero-order valence-corrected chi connectivity index (χ0v) is 8.33. The molecule has 3 N–H and O–H groups in total. The first-order chi connectivity index (χ1) is 5.99. The molecule has 0 unspecified atom stereocenters. The smallest absolute Gasteiger partial charge is 0.241 e.